The highest BCUT2D eigenvalue weighted by Crippen LogP contribution is 2.25. The number of nitrogens with one attached hydrogen (secondary N) is 1. The second-order valence-corrected chi connectivity index (χ2v) is 8.52. The first-order valence-electron chi connectivity index (χ1n) is 6.44. The molecule has 1 saturated heterocycles. The van der Waals surface area contributed by atoms with Gasteiger partial charge in [-0.3, -0.25) is 4.79 Å². The maximum Gasteiger partial charge on any atom is 0.250 e. The molecule has 0 aromatic carbocycles. The summed E-state index contributed by atoms with van der Waals surface area (Å²) < 4.78 is 26.8. The minimum atomic E-state index is -3.65. The number of rotatable bonds is 4. The molecule has 1 aliphatic heterocycles. The summed E-state index contributed by atoms with van der Waals surface area (Å²) >= 11 is 6.69. The lowest BCUT2D eigenvalue weighted by molar-refractivity contribution is -0.133. The molecule has 1 aliphatic rings. The molecule has 1 aromatic heterocycles. The average molecular weight is 337 g/mol. The molecule has 0 radical (unpaired) electrons. The Kier molecular flexibility index (Phi) is 5.06. The van der Waals surface area contributed by atoms with Crippen LogP contribution in [0.1, 0.15) is 26.2 Å². The zero-order valence-corrected chi connectivity index (χ0v) is 13.5. The molecule has 2 rings (SSSR count). The van der Waals surface area contributed by atoms with Crippen LogP contribution in [-0.4, -0.2) is 38.4 Å². The van der Waals surface area contributed by atoms with Crippen molar-refractivity contribution in [3.8, 4) is 0 Å². The van der Waals surface area contributed by atoms with Crippen molar-refractivity contribution in [1.82, 2.24) is 9.62 Å². The summed E-state index contributed by atoms with van der Waals surface area (Å²) in [5.41, 5.74) is 0. The Bertz CT molecular complexity index is 585. The SMILES string of the molecule is C[C@H]1CCCCN1C(=O)CNS(=O)(=O)c1ccc(Cl)s1. The van der Waals surface area contributed by atoms with Gasteiger partial charge in [0, 0.05) is 12.6 Å². The van der Waals surface area contributed by atoms with Gasteiger partial charge in [0.15, 0.2) is 0 Å². The van der Waals surface area contributed by atoms with Crippen LogP contribution >= 0.6 is 22.9 Å². The smallest absolute Gasteiger partial charge is 0.250 e. The van der Waals surface area contributed by atoms with Crippen LogP contribution in [0.5, 0.6) is 0 Å². The molecule has 0 bridgehead atoms. The van der Waals surface area contributed by atoms with Crippen molar-refractivity contribution in [2.24, 2.45) is 0 Å². The van der Waals surface area contributed by atoms with Gasteiger partial charge in [0.25, 0.3) is 10.0 Å². The van der Waals surface area contributed by atoms with Crippen molar-refractivity contribution in [1.29, 1.82) is 0 Å². The number of hydrogen-bond acceptors (Lipinski definition) is 4. The van der Waals surface area contributed by atoms with Crippen LogP contribution in [-0.2, 0) is 14.8 Å². The molecule has 112 valence electrons. The first-order chi connectivity index (χ1) is 9.40. The van der Waals surface area contributed by atoms with E-state index in [-0.39, 0.29) is 22.7 Å². The van der Waals surface area contributed by atoms with Crippen LogP contribution < -0.4 is 4.72 Å². The minimum absolute atomic E-state index is 0.127. The van der Waals surface area contributed by atoms with E-state index >= 15 is 0 Å². The standard InChI is InChI=1S/C12H17ClN2O3S2/c1-9-4-2-3-7-15(9)11(16)8-14-20(17,18)12-6-5-10(13)19-12/h5-6,9,14H,2-4,7-8H2,1H3/t9-/m0/s1. The third-order valence-electron chi connectivity index (χ3n) is 3.35. The number of piperidine rings is 1. The van der Waals surface area contributed by atoms with E-state index in [1.165, 1.54) is 12.1 Å². The Morgan fingerprint density at radius 2 is 2.25 bits per heavy atom. The Labute approximate surface area is 128 Å². The number of halogens is 1. The van der Waals surface area contributed by atoms with Gasteiger partial charge in [0.2, 0.25) is 5.91 Å². The molecule has 0 spiro atoms. The summed E-state index contributed by atoms with van der Waals surface area (Å²) in [6, 6.07) is 3.13. The van der Waals surface area contributed by atoms with Crippen molar-refractivity contribution < 1.29 is 13.2 Å². The predicted octanol–water partition coefficient (Wildman–Crippen LogP) is 2.08. The van der Waals surface area contributed by atoms with E-state index in [0.717, 1.165) is 30.6 Å². The topological polar surface area (TPSA) is 66.5 Å². The monoisotopic (exact) mass is 336 g/mol. The molecule has 1 N–H and O–H groups in total. The van der Waals surface area contributed by atoms with Crippen molar-refractivity contribution in [3.63, 3.8) is 0 Å². The maximum atomic E-state index is 12.1. The Morgan fingerprint density at radius 3 is 2.85 bits per heavy atom. The number of amides is 1. The molecular weight excluding hydrogens is 320 g/mol. The van der Waals surface area contributed by atoms with Gasteiger partial charge < -0.3 is 4.90 Å². The van der Waals surface area contributed by atoms with E-state index in [0.29, 0.717) is 10.9 Å². The maximum absolute atomic E-state index is 12.1. The molecule has 1 aromatic rings. The predicted molar refractivity (Wildman–Crippen MR) is 79.5 cm³/mol. The third-order valence-corrected chi connectivity index (χ3v) is 6.47. The van der Waals surface area contributed by atoms with Crippen LogP contribution in [0.2, 0.25) is 4.34 Å². The molecule has 5 nitrogen and oxygen atoms in total. The molecule has 2 heterocycles. The highest BCUT2D eigenvalue weighted by Gasteiger charge is 2.25. The van der Waals surface area contributed by atoms with E-state index in [1.54, 1.807) is 4.90 Å². The quantitative estimate of drug-likeness (QED) is 0.915. The fourth-order valence-corrected chi connectivity index (χ4v) is 4.74. The van der Waals surface area contributed by atoms with Crippen LogP contribution in [0.3, 0.4) is 0 Å². The zero-order chi connectivity index (χ0) is 14.8. The van der Waals surface area contributed by atoms with Gasteiger partial charge in [0.05, 0.1) is 10.9 Å². The molecule has 20 heavy (non-hydrogen) atoms. The van der Waals surface area contributed by atoms with Crippen LogP contribution in [0, 0.1) is 0 Å². The van der Waals surface area contributed by atoms with Crippen LogP contribution in [0.25, 0.3) is 0 Å². The van der Waals surface area contributed by atoms with Crippen LogP contribution in [0.15, 0.2) is 16.3 Å². The molecular formula is C12H17ClN2O3S2. The van der Waals surface area contributed by atoms with E-state index in [9.17, 15) is 13.2 Å². The molecule has 0 aliphatic carbocycles. The molecule has 0 unspecified atom stereocenters. The van der Waals surface area contributed by atoms with E-state index < -0.39 is 10.0 Å². The first-order valence-corrected chi connectivity index (χ1v) is 9.12. The van der Waals surface area contributed by atoms with Crippen molar-refractivity contribution in [2.45, 2.75) is 36.4 Å². The molecule has 1 atom stereocenters. The summed E-state index contributed by atoms with van der Waals surface area (Å²) in [7, 11) is -3.65. The normalized spacial score (nSPS) is 20.1. The molecule has 0 saturated carbocycles. The second-order valence-electron chi connectivity index (χ2n) is 4.82. The van der Waals surface area contributed by atoms with Gasteiger partial charge in [-0.25, -0.2) is 13.1 Å². The van der Waals surface area contributed by atoms with Crippen molar-refractivity contribution >= 4 is 38.9 Å². The fraction of sp³-hybridized carbons (Fsp3) is 0.583. The molecule has 8 heteroatoms. The summed E-state index contributed by atoms with van der Waals surface area (Å²) in [6.45, 7) is 2.49. The van der Waals surface area contributed by atoms with Gasteiger partial charge in [-0.1, -0.05) is 11.6 Å². The fourth-order valence-electron chi connectivity index (χ4n) is 2.24. The van der Waals surface area contributed by atoms with E-state index in [4.69, 9.17) is 11.6 Å². The van der Waals surface area contributed by atoms with E-state index in [2.05, 4.69) is 4.72 Å². The summed E-state index contributed by atoms with van der Waals surface area (Å²) in [6.07, 6.45) is 3.06. The highest BCUT2D eigenvalue weighted by atomic mass is 35.5. The number of nitrogens with zero attached hydrogens (tertiary/aromatic N) is 1. The third kappa shape index (κ3) is 3.72. The molecule has 1 amide bonds. The largest absolute Gasteiger partial charge is 0.339 e. The number of likely N-dealkylation sites (tertiary alicyclic amines) is 1. The van der Waals surface area contributed by atoms with Gasteiger partial charge in [-0.2, -0.15) is 0 Å². The lowest BCUT2D eigenvalue weighted by Crippen LogP contribution is -2.46. The zero-order valence-electron chi connectivity index (χ0n) is 11.1. The van der Waals surface area contributed by atoms with Crippen molar-refractivity contribution in [2.75, 3.05) is 13.1 Å². The van der Waals surface area contributed by atoms with Gasteiger partial charge >= 0.3 is 0 Å². The first kappa shape index (κ1) is 15.8. The van der Waals surface area contributed by atoms with Gasteiger partial charge in [-0.05, 0) is 38.3 Å². The van der Waals surface area contributed by atoms with Crippen molar-refractivity contribution in [3.05, 3.63) is 16.5 Å². The van der Waals surface area contributed by atoms with Crippen LogP contribution in [0.4, 0.5) is 0 Å². The van der Waals surface area contributed by atoms with Gasteiger partial charge in [-0.15, -0.1) is 11.3 Å². The number of carbonyl (C=O) groups is 1. The Balaban J connectivity index is 1.96. The number of sulfonamides is 1. The summed E-state index contributed by atoms with van der Waals surface area (Å²) in [5, 5.41) is 0. The Morgan fingerprint density at radius 1 is 1.50 bits per heavy atom. The summed E-state index contributed by atoms with van der Waals surface area (Å²) in [5.74, 6) is -0.177. The highest BCUT2D eigenvalue weighted by molar-refractivity contribution is 7.91. The lowest BCUT2D eigenvalue weighted by atomic mass is 10.0. The minimum Gasteiger partial charge on any atom is -0.339 e. The molecule has 1 fully saturated rings. The number of carbonyl (C=O) groups excluding carboxylic acids is 1. The number of thiophene rings is 1. The van der Waals surface area contributed by atoms with E-state index in [1.807, 2.05) is 6.92 Å². The Hall–Kier alpha value is -0.630. The van der Waals surface area contributed by atoms with Gasteiger partial charge in [0.1, 0.15) is 4.21 Å². The summed E-state index contributed by atoms with van der Waals surface area (Å²) in [4.78, 5) is 13.8. The average Bonchev–Trinajstić information content (AvgIpc) is 2.84. The number of hydrogen-bond donors (Lipinski definition) is 1. The lowest BCUT2D eigenvalue weighted by Gasteiger charge is -2.33. The second kappa shape index (κ2) is 6.43.